The van der Waals surface area contributed by atoms with E-state index in [2.05, 4.69) is 15.4 Å². The first kappa shape index (κ1) is 17.8. The molecule has 0 aliphatic heterocycles. The fraction of sp³-hybridized carbons (Fsp3) is 0.312. The Kier molecular flexibility index (Phi) is 5.95. The lowest BCUT2D eigenvalue weighted by atomic mass is 10.1. The molecule has 1 aromatic carbocycles. The second-order valence-corrected chi connectivity index (χ2v) is 6.66. The summed E-state index contributed by atoms with van der Waals surface area (Å²) < 4.78 is 12.0. The number of nitrogens with one attached hydrogen (secondary N) is 1. The highest BCUT2D eigenvalue weighted by Gasteiger charge is 2.12. The Balaban J connectivity index is 1.65. The van der Waals surface area contributed by atoms with Gasteiger partial charge in [-0.15, -0.1) is 5.10 Å². The van der Waals surface area contributed by atoms with Crippen LogP contribution in [0.15, 0.2) is 44.8 Å². The van der Waals surface area contributed by atoms with Crippen LogP contribution in [0.2, 0.25) is 5.02 Å². The van der Waals surface area contributed by atoms with Gasteiger partial charge in [-0.1, -0.05) is 40.7 Å². The van der Waals surface area contributed by atoms with Crippen molar-refractivity contribution in [3.8, 4) is 11.3 Å². The molecule has 0 spiro atoms. The predicted octanol–water partition coefficient (Wildman–Crippen LogP) is 3.21. The third-order valence-corrected chi connectivity index (χ3v) is 4.75. The molecule has 3 rings (SSSR count). The second kappa shape index (κ2) is 8.37. The van der Waals surface area contributed by atoms with Gasteiger partial charge in [-0.2, -0.15) is 0 Å². The Morgan fingerprint density at radius 1 is 1.36 bits per heavy atom. The van der Waals surface area contributed by atoms with Gasteiger partial charge in [0.15, 0.2) is 5.16 Å². The molecule has 2 aromatic heterocycles. The molecule has 132 valence electrons. The molecule has 0 saturated heterocycles. The maximum Gasteiger partial charge on any atom is 0.343 e. The standard InChI is InChI=1S/C16H17ClN4O3S/c1-23-8-2-7-21-15(22)18-19-16(21)25-10-13-9-14(20-24-13)11-3-5-12(17)6-4-11/h3-6,9H,2,7-8,10H2,1H3,(H,18,22). The minimum atomic E-state index is -0.224. The molecule has 0 radical (unpaired) electrons. The lowest BCUT2D eigenvalue weighted by Crippen LogP contribution is -2.18. The SMILES string of the molecule is COCCCn1c(SCc2cc(-c3ccc(Cl)cc3)no2)n[nH]c1=O. The van der Waals surface area contributed by atoms with Crippen LogP contribution in [-0.2, 0) is 17.0 Å². The summed E-state index contributed by atoms with van der Waals surface area (Å²) in [6, 6.07) is 9.26. The van der Waals surface area contributed by atoms with Gasteiger partial charge in [-0.25, -0.2) is 9.89 Å². The fourth-order valence-corrected chi connectivity index (χ4v) is 3.22. The highest BCUT2D eigenvalue weighted by atomic mass is 35.5. The van der Waals surface area contributed by atoms with Crippen LogP contribution < -0.4 is 5.69 Å². The van der Waals surface area contributed by atoms with E-state index in [0.717, 1.165) is 17.7 Å². The topological polar surface area (TPSA) is 85.9 Å². The van der Waals surface area contributed by atoms with E-state index in [4.69, 9.17) is 20.9 Å². The van der Waals surface area contributed by atoms with E-state index in [1.807, 2.05) is 30.3 Å². The molecule has 0 amide bonds. The molecular formula is C16H17ClN4O3S. The van der Waals surface area contributed by atoms with E-state index in [-0.39, 0.29) is 5.69 Å². The first-order valence-electron chi connectivity index (χ1n) is 7.66. The summed E-state index contributed by atoms with van der Waals surface area (Å²) in [6.07, 6.45) is 0.743. The minimum absolute atomic E-state index is 0.224. The van der Waals surface area contributed by atoms with Gasteiger partial charge in [0.1, 0.15) is 11.5 Å². The Morgan fingerprint density at radius 2 is 2.16 bits per heavy atom. The second-order valence-electron chi connectivity index (χ2n) is 5.28. The summed E-state index contributed by atoms with van der Waals surface area (Å²) >= 11 is 7.31. The molecule has 0 bridgehead atoms. The van der Waals surface area contributed by atoms with E-state index >= 15 is 0 Å². The number of rotatable bonds is 8. The molecule has 25 heavy (non-hydrogen) atoms. The van der Waals surface area contributed by atoms with Crippen molar-refractivity contribution in [3.63, 3.8) is 0 Å². The largest absolute Gasteiger partial charge is 0.385 e. The van der Waals surface area contributed by atoms with Crippen molar-refractivity contribution in [1.82, 2.24) is 19.9 Å². The number of H-pyrrole nitrogens is 1. The Hall–Kier alpha value is -2.03. The quantitative estimate of drug-likeness (QED) is 0.477. The smallest absolute Gasteiger partial charge is 0.343 e. The number of halogens is 1. The minimum Gasteiger partial charge on any atom is -0.385 e. The van der Waals surface area contributed by atoms with Crippen molar-refractivity contribution in [2.24, 2.45) is 0 Å². The van der Waals surface area contributed by atoms with Gasteiger partial charge in [0, 0.05) is 36.9 Å². The average Bonchev–Trinajstić information content (AvgIpc) is 3.22. The van der Waals surface area contributed by atoms with E-state index < -0.39 is 0 Å². The van der Waals surface area contributed by atoms with Crippen LogP contribution in [0, 0.1) is 0 Å². The number of thioether (sulfide) groups is 1. The number of aromatic amines is 1. The van der Waals surface area contributed by atoms with Crippen molar-refractivity contribution < 1.29 is 9.26 Å². The zero-order valence-corrected chi connectivity index (χ0v) is 15.1. The number of ether oxygens (including phenoxy) is 1. The number of benzene rings is 1. The molecule has 9 heteroatoms. The van der Waals surface area contributed by atoms with Crippen LogP contribution in [0.1, 0.15) is 12.2 Å². The van der Waals surface area contributed by atoms with E-state index in [1.165, 1.54) is 11.8 Å². The van der Waals surface area contributed by atoms with Gasteiger partial charge in [-0.3, -0.25) is 4.57 Å². The Bertz CT molecular complexity index is 872. The molecular weight excluding hydrogens is 364 g/mol. The van der Waals surface area contributed by atoms with Gasteiger partial charge in [-0.05, 0) is 18.6 Å². The average molecular weight is 381 g/mol. The summed E-state index contributed by atoms with van der Waals surface area (Å²) in [5.74, 6) is 1.23. The monoisotopic (exact) mass is 380 g/mol. The maximum atomic E-state index is 11.8. The lowest BCUT2D eigenvalue weighted by molar-refractivity contribution is 0.189. The summed E-state index contributed by atoms with van der Waals surface area (Å²) in [5, 5.41) is 11.9. The molecule has 7 nitrogen and oxygen atoms in total. The molecule has 0 saturated carbocycles. The summed E-state index contributed by atoms with van der Waals surface area (Å²) in [4.78, 5) is 11.8. The van der Waals surface area contributed by atoms with Crippen LogP contribution in [-0.4, -0.2) is 33.6 Å². The lowest BCUT2D eigenvalue weighted by Gasteiger charge is -2.03. The Morgan fingerprint density at radius 3 is 2.92 bits per heavy atom. The number of hydrogen-bond donors (Lipinski definition) is 1. The van der Waals surface area contributed by atoms with Crippen LogP contribution in [0.4, 0.5) is 0 Å². The van der Waals surface area contributed by atoms with Gasteiger partial charge in [0.2, 0.25) is 0 Å². The predicted molar refractivity (Wildman–Crippen MR) is 95.9 cm³/mol. The summed E-state index contributed by atoms with van der Waals surface area (Å²) in [5.41, 5.74) is 1.45. The van der Waals surface area contributed by atoms with Crippen LogP contribution >= 0.6 is 23.4 Å². The van der Waals surface area contributed by atoms with Crippen molar-refractivity contribution in [2.75, 3.05) is 13.7 Å². The number of nitrogens with zero attached hydrogens (tertiary/aromatic N) is 3. The summed E-state index contributed by atoms with van der Waals surface area (Å²) in [7, 11) is 1.63. The van der Waals surface area contributed by atoms with Crippen molar-refractivity contribution in [2.45, 2.75) is 23.9 Å². The molecule has 1 N–H and O–H groups in total. The highest BCUT2D eigenvalue weighted by Crippen LogP contribution is 2.25. The maximum absolute atomic E-state index is 11.8. The zero-order chi connectivity index (χ0) is 17.6. The third kappa shape index (κ3) is 4.53. The van der Waals surface area contributed by atoms with Gasteiger partial charge < -0.3 is 9.26 Å². The molecule has 0 fully saturated rings. The molecule has 0 atom stereocenters. The van der Waals surface area contributed by atoms with E-state index in [1.54, 1.807) is 11.7 Å². The van der Waals surface area contributed by atoms with E-state index in [9.17, 15) is 4.79 Å². The number of methoxy groups -OCH3 is 1. The van der Waals surface area contributed by atoms with Crippen molar-refractivity contribution >= 4 is 23.4 Å². The first-order valence-corrected chi connectivity index (χ1v) is 9.02. The third-order valence-electron chi connectivity index (χ3n) is 3.50. The molecule has 0 aliphatic carbocycles. The fourth-order valence-electron chi connectivity index (χ4n) is 2.25. The van der Waals surface area contributed by atoms with Crippen molar-refractivity contribution in [3.05, 3.63) is 51.6 Å². The van der Waals surface area contributed by atoms with Gasteiger partial charge >= 0.3 is 5.69 Å². The first-order chi connectivity index (χ1) is 12.2. The number of hydrogen-bond acceptors (Lipinski definition) is 6. The van der Waals surface area contributed by atoms with Gasteiger partial charge in [0.25, 0.3) is 0 Å². The molecule has 2 heterocycles. The number of aromatic nitrogens is 4. The highest BCUT2D eigenvalue weighted by molar-refractivity contribution is 7.98. The molecule has 0 aliphatic rings. The van der Waals surface area contributed by atoms with Crippen molar-refractivity contribution in [1.29, 1.82) is 0 Å². The molecule has 3 aromatic rings. The Labute approximate surface area is 153 Å². The van der Waals surface area contributed by atoms with Crippen LogP contribution in [0.25, 0.3) is 11.3 Å². The van der Waals surface area contributed by atoms with Crippen LogP contribution in [0.3, 0.4) is 0 Å². The van der Waals surface area contributed by atoms with Gasteiger partial charge in [0.05, 0.1) is 5.75 Å². The summed E-state index contributed by atoms with van der Waals surface area (Å²) in [6.45, 7) is 1.15. The molecule has 0 unspecified atom stereocenters. The van der Waals surface area contributed by atoms with E-state index in [0.29, 0.717) is 34.8 Å². The van der Waals surface area contributed by atoms with Crippen LogP contribution in [0.5, 0.6) is 0 Å². The normalized spacial score (nSPS) is 11.1. The zero-order valence-electron chi connectivity index (χ0n) is 13.6.